The van der Waals surface area contributed by atoms with E-state index in [1.165, 1.54) is 0 Å². The van der Waals surface area contributed by atoms with Gasteiger partial charge in [-0.3, -0.25) is 0 Å². The van der Waals surface area contributed by atoms with Crippen LogP contribution in [0.1, 0.15) is 18.1 Å². The molecule has 6 heteroatoms. The third-order valence-corrected chi connectivity index (χ3v) is 9.61. The van der Waals surface area contributed by atoms with Gasteiger partial charge in [-0.25, -0.2) is 14.4 Å². The highest BCUT2D eigenvalue weighted by atomic mass is 16.4. The van der Waals surface area contributed by atoms with Crippen LogP contribution in [-0.2, 0) is 0 Å². The van der Waals surface area contributed by atoms with Gasteiger partial charge in [0.25, 0.3) is 0 Å². The maximum absolute atomic E-state index is 13.8. The van der Waals surface area contributed by atoms with Crippen molar-refractivity contribution in [2.45, 2.75) is 13.8 Å². The largest absolute Gasteiger partial charge is 0.422 e. The van der Waals surface area contributed by atoms with Crippen LogP contribution in [0, 0.1) is 6.92 Å². The van der Waals surface area contributed by atoms with E-state index in [1.54, 1.807) is 36.4 Å². The van der Waals surface area contributed by atoms with Crippen molar-refractivity contribution in [1.82, 2.24) is 0 Å². The Bertz CT molecular complexity index is 2970. The third kappa shape index (κ3) is 4.99. The summed E-state index contributed by atoms with van der Waals surface area (Å²) >= 11 is 0. The lowest BCUT2D eigenvalue weighted by atomic mass is 9.93. The zero-order chi connectivity index (χ0) is 34.8. The van der Waals surface area contributed by atoms with E-state index in [9.17, 15) is 14.4 Å². The molecule has 0 aliphatic carbocycles. The summed E-state index contributed by atoms with van der Waals surface area (Å²) < 4.78 is 17.9. The van der Waals surface area contributed by atoms with E-state index in [2.05, 4.69) is 0 Å². The molecular weight excluding hydrogens is 636 g/mol. The van der Waals surface area contributed by atoms with Crippen molar-refractivity contribution in [3.05, 3.63) is 170 Å². The molecule has 0 fully saturated rings. The minimum Gasteiger partial charge on any atom is -0.422 e. The van der Waals surface area contributed by atoms with Crippen LogP contribution in [0.25, 0.3) is 93.9 Å². The van der Waals surface area contributed by atoms with Gasteiger partial charge in [0.1, 0.15) is 16.7 Å². The van der Waals surface area contributed by atoms with E-state index in [4.69, 9.17) is 13.3 Å². The van der Waals surface area contributed by atoms with Crippen molar-refractivity contribution in [1.29, 1.82) is 0 Å². The lowest BCUT2D eigenvalue weighted by Gasteiger charge is -2.12. The van der Waals surface area contributed by atoms with Crippen molar-refractivity contribution >= 4 is 60.5 Å². The molecular formula is C45H28O6. The van der Waals surface area contributed by atoms with E-state index in [1.807, 2.05) is 111 Å². The number of hydrogen-bond donors (Lipinski definition) is 0. The van der Waals surface area contributed by atoms with Crippen molar-refractivity contribution in [3.8, 4) is 33.4 Å². The van der Waals surface area contributed by atoms with Gasteiger partial charge in [0, 0.05) is 32.5 Å². The Morgan fingerprint density at radius 2 is 0.843 bits per heavy atom. The highest BCUT2D eigenvalue weighted by Crippen LogP contribution is 2.35. The fourth-order valence-electron chi connectivity index (χ4n) is 7.08. The molecule has 0 N–H and O–H groups in total. The minimum atomic E-state index is -0.545. The van der Waals surface area contributed by atoms with E-state index >= 15 is 0 Å². The van der Waals surface area contributed by atoms with Gasteiger partial charge < -0.3 is 13.3 Å². The molecule has 0 aliphatic rings. The Hall–Kier alpha value is -6.79. The van der Waals surface area contributed by atoms with Gasteiger partial charge in [-0.1, -0.05) is 97.1 Å². The van der Waals surface area contributed by atoms with Crippen molar-refractivity contribution in [3.63, 3.8) is 0 Å². The number of fused-ring (bicyclic) bond motifs is 7. The minimum absolute atomic E-state index is 0.285. The molecule has 244 valence electrons. The zero-order valence-electron chi connectivity index (χ0n) is 27.7. The second-order valence-electron chi connectivity index (χ2n) is 12.8. The Morgan fingerprint density at radius 3 is 1.31 bits per heavy atom. The number of allylic oxidation sites excluding steroid dienone is 1. The van der Waals surface area contributed by atoms with Crippen LogP contribution in [0.4, 0.5) is 0 Å². The molecule has 0 spiro atoms. The summed E-state index contributed by atoms with van der Waals surface area (Å²) in [5, 5.41) is 5.79. The molecule has 51 heavy (non-hydrogen) atoms. The fraction of sp³-hybridized carbons (Fsp3) is 0.0444. The molecule has 0 saturated carbocycles. The van der Waals surface area contributed by atoms with Gasteiger partial charge in [-0.2, -0.15) is 0 Å². The second-order valence-corrected chi connectivity index (χ2v) is 12.8. The fourth-order valence-corrected chi connectivity index (χ4v) is 7.08. The van der Waals surface area contributed by atoms with Gasteiger partial charge in [0.15, 0.2) is 0 Å². The van der Waals surface area contributed by atoms with E-state index in [0.29, 0.717) is 33.4 Å². The molecule has 0 atom stereocenters. The SMILES string of the molecule is C/C=C\c1c(C)ccc2cc(-c3cc(-c4cc5ccc6ccccc6c5oc4=O)cc(-c4cc5ccc6ccccc6c5oc4=O)c3)c(=O)oc12. The van der Waals surface area contributed by atoms with Crippen LogP contribution in [0.5, 0.6) is 0 Å². The van der Waals surface area contributed by atoms with Gasteiger partial charge in [-0.15, -0.1) is 0 Å². The normalized spacial score (nSPS) is 11.9. The summed E-state index contributed by atoms with van der Waals surface area (Å²) in [7, 11) is 0. The summed E-state index contributed by atoms with van der Waals surface area (Å²) in [4.78, 5) is 41.3. The summed E-state index contributed by atoms with van der Waals surface area (Å²) in [6, 6.07) is 37.8. The first-order chi connectivity index (χ1) is 24.9. The van der Waals surface area contributed by atoms with E-state index < -0.39 is 16.9 Å². The van der Waals surface area contributed by atoms with Crippen LogP contribution >= 0.6 is 0 Å². The molecule has 0 aliphatic heterocycles. The van der Waals surface area contributed by atoms with Crippen molar-refractivity contribution in [2.24, 2.45) is 0 Å². The standard InChI is InChI=1S/C45H28O6/c1-3-8-34-25(2)13-14-28-22-37(43(46)49-40(28)34)31-19-32(38-23-29-17-15-26-9-4-6-11-35(26)41(29)50-44(38)47)21-33(20-31)39-24-30-18-16-27-10-5-7-12-36(27)42(30)51-45(39)48/h3-24H,1-2H3/b8-3-. The maximum atomic E-state index is 13.8. The topological polar surface area (TPSA) is 90.6 Å². The molecule has 9 rings (SSSR count). The molecule has 6 aromatic carbocycles. The molecule has 0 radical (unpaired) electrons. The van der Waals surface area contributed by atoms with Gasteiger partial charge >= 0.3 is 16.9 Å². The molecule has 0 saturated heterocycles. The van der Waals surface area contributed by atoms with Crippen LogP contribution in [0.2, 0.25) is 0 Å². The summed E-state index contributed by atoms with van der Waals surface area (Å²) in [6.45, 7) is 3.88. The zero-order valence-corrected chi connectivity index (χ0v) is 27.7. The summed E-state index contributed by atoms with van der Waals surface area (Å²) in [6.07, 6.45) is 3.82. The average Bonchev–Trinajstić information content (AvgIpc) is 3.15. The molecule has 0 bridgehead atoms. The molecule has 0 unspecified atom stereocenters. The molecule has 3 aromatic heterocycles. The maximum Gasteiger partial charge on any atom is 0.344 e. The van der Waals surface area contributed by atoms with Crippen molar-refractivity contribution in [2.75, 3.05) is 0 Å². The van der Waals surface area contributed by atoms with Gasteiger partial charge in [-0.05, 0) is 83.3 Å². The van der Waals surface area contributed by atoms with Gasteiger partial charge in [0.05, 0.1) is 16.7 Å². The number of rotatable bonds is 4. The number of aryl methyl sites for hydroxylation is 1. The van der Waals surface area contributed by atoms with Crippen LogP contribution in [0.15, 0.2) is 155 Å². The summed E-state index contributed by atoms with van der Waals surface area (Å²) in [5.41, 5.74) is 3.92. The Labute approximate surface area is 290 Å². The predicted octanol–water partition coefficient (Wildman–Crippen LogP) is 10.7. The Kier molecular flexibility index (Phi) is 6.93. The van der Waals surface area contributed by atoms with Crippen LogP contribution in [0.3, 0.4) is 0 Å². The van der Waals surface area contributed by atoms with Crippen molar-refractivity contribution < 1.29 is 13.3 Å². The lowest BCUT2D eigenvalue weighted by Crippen LogP contribution is -2.07. The lowest BCUT2D eigenvalue weighted by molar-refractivity contribution is 0.562. The average molecular weight is 665 g/mol. The smallest absolute Gasteiger partial charge is 0.344 e. The number of benzene rings is 6. The molecule has 9 aromatic rings. The quantitative estimate of drug-likeness (QED) is 0.137. The van der Waals surface area contributed by atoms with Crippen LogP contribution < -0.4 is 16.9 Å². The first-order valence-corrected chi connectivity index (χ1v) is 16.6. The van der Waals surface area contributed by atoms with Crippen LogP contribution in [-0.4, -0.2) is 0 Å². The highest BCUT2D eigenvalue weighted by molar-refractivity contribution is 6.06. The Morgan fingerprint density at radius 1 is 0.451 bits per heavy atom. The first kappa shape index (κ1) is 30.3. The first-order valence-electron chi connectivity index (χ1n) is 16.6. The van der Waals surface area contributed by atoms with E-state index in [-0.39, 0.29) is 16.7 Å². The third-order valence-electron chi connectivity index (χ3n) is 9.61. The van der Waals surface area contributed by atoms with Gasteiger partial charge in [0.2, 0.25) is 0 Å². The van der Waals surface area contributed by atoms with E-state index in [0.717, 1.165) is 48.8 Å². The summed E-state index contributed by atoms with van der Waals surface area (Å²) in [5.74, 6) is 0. The predicted molar refractivity (Wildman–Crippen MR) is 205 cm³/mol. The Balaban J connectivity index is 1.31. The molecule has 6 nitrogen and oxygen atoms in total. The highest BCUT2D eigenvalue weighted by Gasteiger charge is 2.19. The number of hydrogen-bond acceptors (Lipinski definition) is 6. The monoisotopic (exact) mass is 664 g/mol. The molecule has 0 amide bonds. The molecule has 3 heterocycles. The second kappa shape index (κ2) is 11.7.